The Hall–Kier alpha value is -4.19. The monoisotopic (exact) mass is 450 g/mol. The summed E-state index contributed by atoms with van der Waals surface area (Å²) in [4.78, 5) is 18.5. The van der Waals surface area contributed by atoms with Gasteiger partial charge < -0.3 is 9.47 Å². The van der Waals surface area contributed by atoms with Gasteiger partial charge in [-0.05, 0) is 36.2 Å². The zero-order valence-electron chi connectivity index (χ0n) is 18.8. The first-order chi connectivity index (χ1) is 16.6. The zero-order valence-corrected chi connectivity index (χ0v) is 18.8. The van der Waals surface area contributed by atoms with Crippen molar-refractivity contribution in [1.82, 2.24) is 4.98 Å². The largest absolute Gasteiger partial charge is 0.454 e. The lowest BCUT2D eigenvalue weighted by Gasteiger charge is -2.08. The number of benzene rings is 3. The molecule has 0 spiro atoms. The lowest BCUT2D eigenvalue weighted by atomic mass is 10.1. The molecule has 0 amide bonds. The maximum absolute atomic E-state index is 13.5. The Labute approximate surface area is 197 Å². The molecule has 0 fully saturated rings. The summed E-state index contributed by atoms with van der Waals surface area (Å²) in [5.74, 6) is 2.24. The Morgan fingerprint density at radius 3 is 2.68 bits per heavy atom. The van der Waals surface area contributed by atoms with Gasteiger partial charge in [0, 0.05) is 18.4 Å². The number of hydrogen-bond donors (Lipinski definition) is 1. The van der Waals surface area contributed by atoms with Crippen molar-refractivity contribution >= 4 is 11.7 Å². The number of anilines is 1. The van der Waals surface area contributed by atoms with Gasteiger partial charge >= 0.3 is 11.7 Å². The normalized spacial score (nSPS) is 15.8. The predicted octanol–water partition coefficient (Wildman–Crippen LogP) is 4.34. The van der Waals surface area contributed by atoms with E-state index in [1.165, 1.54) is 0 Å². The third kappa shape index (κ3) is 3.77. The minimum Gasteiger partial charge on any atom is -0.454 e. The molecule has 34 heavy (non-hydrogen) atoms. The van der Waals surface area contributed by atoms with Crippen LogP contribution in [0.5, 0.6) is 11.5 Å². The SMILES string of the molecule is Cc1cccc(-c2c[n+]3c(c(Cc4ccccc4)n2)NC(Cc2ccc4c(c2)OCO4)C3=O)c1. The average molecular weight is 451 g/mol. The molecule has 168 valence electrons. The van der Waals surface area contributed by atoms with Gasteiger partial charge in [-0.2, -0.15) is 4.57 Å². The van der Waals surface area contributed by atoms with Crippen LogP contribution in [0.1, 0.15) is 27.2 Å². The first-order valence-corrected chi connectivity index (χ1v) is 11.4. The van der Waals surface area contributed by atoms with Crippen LogP contribution in [-0.4, -0.2) is 23.7 Å². The number of carbonyl (C=O) groups is 1. The molecule has 3 heterocycles. The zero-order chi connectivity index (χ0) is 23.1. The van der Waals surface area contributed by atoms with E-state index in [9.17, 15) is 4.79 Å². The fourth-order valence-corrected chi connectivity index (χ4v) is 4.57. The number of hydrogen-bond acceptors (Lipinski definition) is 5. The smallest absolute Gasteiger partial charge is 0.359 e. The highest BCUT2D eigenvalue weighted by molar-refractivity contribution is 5.83. The number of carbonyl (C=O) groups excluding carboxylic acids is 1. The summed E-state index contributed by atoms with van der Waals surface area (Å²) in [6.45, 7) is 2.29. The number of rotatable bonds is 5. The predicted molar refractivity (Wildman–Crippen MR) is 128 cm³/mol. The number of fused-ring (bicyclic) bond motifs is 2. The standard InChI is InChI=1S/C28H23N3O3/c1-18-6-5-9-21(12-18)24-16-31-27(22(29-24)13-19-7-3-2-4-8-19)30-23(28(31)32)14-20-10-11-25-26(15-20)34-17-33-25/h2-12,15-16,23H,13-14,17H2,1H3/p+1. The van der Waals surface area contributed by atoms with E-state index in [0.29, 0.717) is 12.8 Å². The van der Waals surface area contributed by atoms with Crippen molar-refractivity contribution in [3.63, 3.8) is 0 Å². The van der Waals surface area contributed by atoms with Crippen molar-refractivity contribution < 1.29 is 18.8 Å². The summed E-state index contributed by atoms with van der Waals surface area (Å²) >= 11 is 0. The van der Waals surface area contributed by atoms with Crippen molar-refractivity contribution in [2.75, 3.05) is 12.1 Å². The van der Waals surface area contributed by atoms with E-state index < -0.39 is 0 Å². The van der Waals surface area contributed by atoms with Crippen molar-refractivity contribution in [3.05, 3.63) is 101 Å². The Morgan fingerprint density at radius 2 is 1.82 bits per heavy atom. The van der Waals surface area contributed by atoms with E-state index in [4.69, 9.17) is 14.5 Å². The molecule has 1 atom stereocenters. The molecule has 0 radical (unpaired) electrons. The number of aromatic nitrogens is 2. The molecular weight excluding hydrogens is 426 g/mol. The first kappa shape index (κ1) is 20.4. The number of aryl methyl sites for hydroxylation is 1. The topological polar surface area (TPSA) is 64.3 Å². The van der Waals surface area contributed by atoms with Crippen LogP contribution in [0, 0.1) is 6.92 Å². The highest BCUT2D eigenvalue weighted by atomic mass is 16.7. The highest BCUT2D eigenvalue weighted by Gasteiger charge is 2.41. The molecule has 0 saturated carbocycles. The second kappa shape index (κ2) is 8.30. The lowest BCUT2D eigenvalue weighted by Crippen LogP contribution is -2.44. The molecule has 0 saturated heterocycles. The van der Waals surface area contributed by atoms with Crippen LogP contribution < -0.4 is 19.4 Å². The fourth-order valence-electron chi connectivity index (χ4n) is 4.57. The van der Waals surface area contributed by atoms with Crippen LogP contribution >= 0.6 is 0 Å². The van der Waals surface area contributed by atoms with Gasteiger partial charge in [0.15, 0.2) is 17.5 Å². The van der Waals surface area contributed by atoms with E-state index in [2.05, 4.69) is 36.5 Å². The van der Waals surface area contributed by atoms with E-state index in [1.807, 2.05) is 54.7 Å². The quantitative estimate of drug-likeness (QED) is 0.458. The van der Waals surface area contributed by atoms with Crippen LogP contribution in [0.2, 0.25) is 0 Å². The molecule has 1 unspecified atom stereocenters. The Bertz CT molecular complexity index is 1400. The second-order valence-corrected chi connectivity index (χ2v) is 8.75. The van der Waals surface area contributed by atoms with E-state index in [1.54, 1.807) is 4.57 Å². The molecule has 3 aromatic carbocycles. The van der Waals surface area contributed by atoms with Gasteiger partial charge in [0.05, 0.1) is 0 Å². The molecule has 1 aromatic heterocycles. The maximum atomic E-state index is 13.5. The van der Waals surface area contributed by atoms with Crippen LogP contribution in [0.15, 0.2) is 79.0 Å². The van der Waals surface area contributed by atoms with E-state index in [-0.39, 0.29) is 18.7 Å². The van der Waals surface area contributed by atoms with Crippen molar-refractivity contribution in [2.24, 2.45) is 0 Å². The van der Waals surface area contributed by atoms with Gasteiger partial charge in [-0.3, -0.25) is 5.32 Å². The summed E-state index contributed by atoms with van der Waals surface area (Å²) in [6, 6.07) is 23.9. The van der Waals surface area contributed by atoms with Gasteiger partial charge in [-0.15, -0.1) is 0 Å². The Morgan fingerprint density at radius 1 is 0.971 bits per heavy atom. The van der Waals surface area contributed by atoms with Crippen LogP contribution in [0.25, 0.3) is 11.3 Å². The Kier molecular flexibility index (Phi) is 4.99. The molecule has 2 aliphatic heterocycles. The van der Waals surface area contributed by atoms with Crippen molar-refractivity contribution in [3.8, 4) is 22.8 Å². The Balaban J connectivity index is 1.37. The van der Waals surface area contributed by atoms with Gasteiger partial charge in [-0.25, -0.2) is 9.78 Å². The van der Waals surface area contributed by atoms with Crippen LogP contribution in [0.4, 0.5) is 5.82 Å². The fraction of sp³-hybridized carbons (Fsp3) is 0.179. The summed E-state index contributed by atoms with van der Waals surface area (Å²) < 4.78 is 12.7. The lowest BCUT2D eigenvalue weighted by molar-refractivity contribution is -0.552. The van der Waals surface area contributed by atoms with E-state index >= 15 is 0 Å². The van der Waals surface area contributed by atoms with Crippen LogP contribution in [0.3, 0.4) is 0 Å². The van der Waals surface area contributed by atoms with Gasteiger partial charge in [0.1, 0.15) is 17.6 Å². The number of nitrogens with zero attached hydrogens (tertiary/aromatic N) is 2. The van der Waals surface area contributed by atoms with Crippen molar-refractivity contribution in [2.45, 2.75) is 25.8 Å². The molecule has 6 rings (SSSR count). The third-order valence-corrected chi connectivity index (χ3v) is 6.27. The number of ether oxygens (including phenoxy) is 2. The second-order valence-electron chi connectivity index (χ2n) is 8.75. The minimum atomic E-state index is -0.385. The summed E-state index contributed by atoms with van der Waals surface area (Å²) in [7, 11) is 0. The maximum Gasteiger partial charge on any atom is 0.359 e. The molecule has 0 bridgehead atoms. The molecular formula is C28H24N3O3+. The van der Waals surface area contributed by atoms with Crippen LogP contribution in [-0.2, 0) is 12.8 Å². The third-order valence-electron chi connectivity index (χ3n) is 6.27. The van der Waals surface area contributed by atoms with Gasteiger partial charge in [0.2, 0.25) is 6.79 Å². The summed E-state index contributed by atoms with van der Waals surface area (Å²) in [5.41, 5.74) is 5.95. The van der Waals surface area contributed by atoms with Gasteiger partial charge in [0.25, 0.3) is 0 Å². The summed E-state index contributed by atoms with van der Waals surface area (Å²) in [5, 5.41) is 3.46. The average Bonchev–Trinajstić information content (AvgIpc) is 3.44. The molecule has 6 nitrogen and oxygen atoms in total. The summed E-state index contributed by atoms with van der Waals surface area (Å²) in [6.07, 6.45) is 3.03. The highest BCUT2D eigenvalue weighted by Crippen LogP contribution is 2.33. The molecule has 0 aliphatic carbocycles. The molecule has 2 aliphatic rings. The molecule has 1 N–H and O–H groups in total. The first-order valence-electron chi connectivity index (χ1n) is 11.4. The minimum absolute atomic E-state index is 0.0123. The van der Waals surface area contributed by atoms with Gasteiger partial charge in [-0.1, -0.05) is 60.2 Å². The molecule has 4 aromatic rings. The molecule has 6 heteroatoms. The number of nitrogens with one attached hydrogen (secondary N) is 1. The van der Waals surface area contributed by atoms with Crippen molar-refractivity contribution in [1.29, 1.82) is 0 Å². The van der Waals surface area contributed by atoms with E-state index in [0.717, 1.165) is 51.0 Å².